The number of amides is 1. The topological polar surface area (TPSA) is 83.6 Å². The Kier molecular flexibility index (Phi) is 9.26. The van der Waals surface area contributed by atoms with E-state index in [1.54, 1.807) is 24.3 Å². The molecule has 4 aromatic rings. The lowest BCUT2D eigenvalue weighted by atomic mass is 9.89. The summed E-state index contributed by atoms with van der Waals surface area (Å²) in [6.45, 7) is 0.201. The number of benzene rings is 2. The monoisotopic (exact) mass is 646 g/mol. The van der Waals surface area contributed by atoms with Crippen LogP contribution in [0.3, 0.4) is 0 Å². The molecule has 5 rings (SSSR count). The van der Waals surface area contributed by atoms with Crippen LogP contribution in [0.1, 0.15) is 40.9 Å². The second kappa shape index (κ2) is 12.8. The molecule has 43 heavy (non-hydrogen) atoms. The predicted octanol–water partition coefficient (Wildman–Crippen LogP) is 6.75. The molecule has 2 N–H and O–H groups in total. The van der Waals surface area contributed by atoms with Gasteiger partial charge in [-0.25, -0.2) is 18.0 Å². The van der Waals surface area contributed by atoms with Crippen LogP contribution >= 0.6 is 22.9 Å². The minimum Gasteiger partial charge on any atom is -0.496 e. The summed E-state index contributed by atoms with van der Waals surface area (Å²) in [7, 11) is 1.03. The molecule has 0 spiro atoms. The van der Waals surface area contributed by atoms with Crippen molar-refractivity contribution in [1.82, 2.24) is 15.2 Å². The number of nitrogens with zero attached hydrogens (tertiary/aromatic N) is 2. The van der Waals surface area contributed by atoms with E-state index < -0.39 is 21.3 Å². The van der Waals surface area contributed by atoms with Crippen LogP contribution in [0.15, 0.2) is 48.7 Å². The number of halogens is 3. The third kappa shape index (κ3) is 6.80. The van der Waals surface area contributed by atoms with E-state index in [1.165, 1.54) is 6.26 Å². The van der Waals surface area contributed by atoms with Crippen molar-refractivity contribution in [1.29, 1.82) is 0 Å². The van der Waals surface area contributed by atoms with Crippen LogP contribution < -0.4 is 14.8 Å². The summed E-state index contributed by atoms with van der Waals surface area (Å²) in [6, 6.07) is 11.6. The minimum absolute atomic E-state index is 0.0231. The Morgan fingerprint density at radius 1 is 1.14 bits per heavy atom. The number of hydrogen-bond donors (Lipinski definition) is 2. The van der Waals surface area contributed by atoms with Crippen LogP contribution in [0.4, 0.5) is 14.6 Å². The molecule has 1 aliphatic rings. The van der Waals surface area contributed by atoms with Gasteiger partial charge in [0.05, 0.1) is 22.2 Å². The molecule has 1 aliphatic carbocycles. The van der Waals surface area contributed by atoms with Crippen LogP contribution in [-0.2, 0) is 16.3 Å². The number of hydrogen-bond acceptors (Lipinski definition) is 6. The number of ether oxygens (including phenoxy) is 1. The van der Waals surface area contributed by atoms with Gasteiger partial charge in [0.1, 0.15) is 28.1 Å². The summed E-state index contributed by atoms with van der Waals surface area (Å²) >= 11 is 7.44. The van der Waals surface area contributed by atoms with Crippen molar-refractivity contribution in [2.75, 3.05) is 25.1 Å². The first-order valence-corrected chi connectivity index (χ1v) is 17.1. The van der Waals surface area contributed by atoms with Crippen molar-refractivity contribution in [3.05, 3.63) is 75.8 Å². The molecule has 1 saturated carbocycles. The smallest absolute Gasteiger partial charge is 0.266 e. The van der Waals surface area contributed by atoms with Gasteiger partial charge in [-0.1, -0.05) is 17.7 Å². The number of carbonyl (C=O) groups excluding carboxylic acids is 1. The maximum absolute atomic E-state index is 14.7. The molecule has 1 amide bonds. The second-order valence-electron chi connectivity index (χ2n) is 10.8. The number of pyridine rings is 1. The molecule has 2 aromatic carbocycles. The highest BCUT2D eigenvalue weighted by Crippen LogP contribution is 2.40. The summed E-state index contributed by atoms with van der Waals surface area (Å²) in [5.41, 5.74) is 2.42. The van der Waals surface area contributed by atoms with Crippen LogP contribution in [0, 0.1) is 11.6 Å². The largest absolute Gasteiger partial charge is 0.496 e. The lowest BCUT2D eigenvalue weighted by molar-refractivity contribution is 0.0604. The molecule has 1 fully saturated rings. The summed E-state index contributed by atoms with van der Waals surface area (Å²) in [4.78, 5) is 20.5. The summed E-state index contributed by atoms with van der Waals surface area (Å²) in [6.07, 6.45) is 6.45. The highest BCUT2D eigenvalue weighted by Gasteiger charge is 2.33. The normalized spacial score (nSPS) is 18.3. The Morgan fingerprint density at radius 3 is 2.44 bits per heavy atom. The van der Waals surface area contributed by atoms with Gasteiger partial charge in [-0.15, -0.1) is 11.3 Å². The van der Waals surface area contributed by atoms with Gasteiger partial charge >= 0.3 is 0 Å². The molecule has 0 bridgehead atoms. The van der Waals surface area contributed by atoms with Gasteiger partial charge in [0.25, 0.3) is 5.91 Å². The number of rotatable bonds is 9. The number of thiophene rings is 1. The lowest BCUT2D eigenvalue weighted by Crippen LogP contribution is -2.44. The average Bonchev–Trinajstić information content (AvgIpc) is 3.35. The molecule has 1 unspecified atom stereocenters. The quantitative estimate of drug-likeness (QED) is 0.197. The highest BCUT2D eigenvalue weighted by molar-refractivity contribution is 8.00. The van der Waals surface area contributed by atoms with Crippen molar-refractivity contribution in [3.63, 3.8) is 0 Å². The van der Waals surface area contributed by atoms with Crippen molar-refractivity contribution < 1.29 is 22.5 Å². The fourth-order valence-corrected chi connectivity index (χ4v) is 7.59. The number of carbonyl (C=O) groups is 1. The second-order valence-corrected chi connectivity index (χ2v) is 14.4. The summed E-state index contributed by atoms with van der Waals surface area (Å²) in [5, 5.41) is 3.17. The number of anilines is 1. The molecule has 0 aliphatic heterocycles. The van der Waals surface area contributed by atoms with E-state index >= 15 is 0 Å². The van der Waals surface area contributed by atoms with Crippen molar-refractivity contribution in [2.24, 2.45) is 0 Å². The molecular weight excluding hydrogens is 614 g/mol. The first-order valence-electron chi connectivity index (χ1n) is 13.8. The molecular formula is C31H33ClF2N4O3S2. The Hall–Kier alpha value is -3.25. The SMILES string of the molecule is C=S(C)(=O)Nc1ccc(-c2ccc(OC)c(CN(C(=O)c3sc4c(F)ccc(F)c4c3Cl)[C@H]3CC[C@H](NC)CC3)c2)cn1. The van der Waals surface area contributed by atoms with Gasteiger partial charge < -0.3 is 15.0 Å². The maximum atomic E-state index is 14.7. The maximum Gasteiger partial charge on any atom is 0.266 e. The number of methoxy groups -OCH3 is 1. The average molecular weight is 647 g/mol. The molecule has 12 heteroatoms. The fraction of sp³-hybridized carbons (Fsp3) is 0.323. The van der Waals surface area contributed by atoms with E-state index in [0.29, 0.717) is 17.6 Å². The van der Waals surface area contributed by atoms with Crippen LogP contribution in [0.25, 0.3) is 21.2 Å². The molecule has 2 heterocycles. The number of fused-ring (bicyclic) bond motifs is 1. The van der Waals surface area contributed by atoms with Crippen molar-refractivity contribution in [2.45, 2.75) is 44.3 Å². The van der Waals surface area contributed by atoms with E-state index in [0.717, 1.165) is 65.8 Å². The van der Waals surface area contributed by atoms with Crippen LogP contribution in [0.2, 0.25) is 5.02 Å². The van der Waals surface area contributed by atoms with E-state index in [9.17, 15) is 17.8 Å². The first-order chi connectivity index (χ1) is 20.5. The standard InChI is InChI=1S/C31H33ClF2N4O3S2/c1-35-21-7-9-22(10-8-21)38(31(39)30-28(32)27-23(33)11-12-24(34)29(27)42-30)17-20-15-18(5-13-25(20)41-2)19-6-14-26(36-16-19)37-43(3,4)40/h5-6,11-16,21-22,35H,3,7-10,17H2,1-2,4H3,(H,36,37,40)/t21-,22-,43?. The zero-order valence-corrected chi connectivity index (χ0v) is 26.5. The molecule has 7 nitrogen and oxygen atoms in total. The highest BCUT2D eigenvalue weighted by atomic mass is 35.5. The van der Waals surface area contributed by atoms with Gasteiger partial charge in [0.2, 0.25) is 0 Å². The Bertz CT molecular complexity index is 1760. The zero-order chi connectivity index (χ0) is 30.9. The number of aromatic nitrogens is 1. The zero-order valence-electron chi connectivity index (χ0n) is 24.1. The van der Waals surface area contributed by atoms with Gasteiger partial charge in [-0.05, 0) is 80.6 Å². The lowest BCUT2D eigenvalue weighted by Gasteiger charge is -2.37. The van der Waals surface area contributed by atoms with Gasteiger partial charge in [-0.3, -0.25) is 9.52 Å². The third-order valence-corrected chi connectivity index (χ3v) is 10.0. The van der Waals surface area contributed by atoms with E-state index in [-0.39, 0.29) is 38.5 Å². The van der Waals surface area contributed by atoms with Gasteiger partial charge in [0.15, 0.2) is 0 Å². The first kappa shape index (κ1) is 31.2. The van der Waals surface area contributed by atoms with E-state index in [1.807, 2.05) is 31.3 Å². The fourth-order valence-electron chi connectivity index (χ4n) is 5.52. The molecule has 0 saturated heterocycles. The van der Waals surface area contributed by atoms with E-state index in [4.69, 9.17) is 16.3 Å². The summed E-state index contributed by atoms with van der Waals surface area (Å²) in [5.74, 6) is 2.97. The Morgan fingerprint density at radius 2 is 1.84 bits per heavy atom. The third-order valence-electron chi connectivity index (χ3n) is 7.72. The predicted molar refractivity (Wildman–Crippen MR) is 173 cm³/mol. The van der Waals surface area contributed by atoms with Crippen molar-refractivity contribution in [3.8, 4) is 16.9 Å². The molecule has 1 atom stereocenters. The molecule has 2 aromatic heterocycles. The van der Waals surface area contributed by atoms with Crippen molar-refractivity contribution >= 4 is 60.3 Å². The van der Waals surface area contributed by atoms with Crippen LogP contribution in [-0.4, -0.2) is 58.4 Å². The Labute approximate surface area is 259 Å². The molecule has 0 radical (unpaired) electrons. The Balaban J connectivity index is 1.52. The van der Waals surface area contributed by atoms with E-state index in [2.05, 4.69) is 20.9 Å². The van der Waals surface area contributed by atoms with Gasteiger partial charge in [-0.2, -0.15) is 0 Å². The molecule has 228 valence electrons. The van der Waals surface area contributed by atoms with Gasteiger partial charge in [0, 0.05) is 51.9 Å². The summed E-state index contributed by atoms with van der Waals surface area (Å²) < 4.78 is 49.8. The minimum atomic E-state index is -2.47. The number of nitrogens with one attached hydrogen (secondary N) is 2. The van der Waals surface area contributed by atoms with Crippen LogP contribution in [0.5, 0.6) is 5.75 Å².